The summed E-state index contributed by atoms with van der Waals surface area (Å²) in [5.41, 5.74) is 0.498. The molecule has 0 fully saturated rings. The van der Waals surface area contributed by atoms with Gasteiger partial charge in [-0.3, -0.25) is 0 Å². The lowest BCUT2D eigenvalue weighted by atomic mass is 10.2. The molecule has 0 aliphatic heterocycles. The van der Waals surface area contributed by atoms with Gasteiger partial charge in [-0.2, -0.15) is 8.78 Å². The molecule has 2 rings (SSSR count). The average molecular weight is 257 g/mol. The normalized spacial score (nSPS) is 10.8. The summed E-state index contributed by atoms with van der Waals surface area (Å²) in [4.78, 5) is 4.73. The van der Waals surface area contributed by atoms with E-state index in [-0.39, 0.29) is 12.4 Å². The standard InChI is InChI=1S/C11H9F2NO2S/c12-11(13)16-9-4-2-1-3-8(9)10-14-5-7(6-15)17-10/h1-5,11,15H,6H2. The molecule has 0 unspecified atom stereocenters. The van der Waals surface area contributed by atoms with Crippen LogP contribution in [-0.4, -0.2) is 16.7 Å². The summed E-state index contributed by atoms with van der Waals surface area (Å²) >= 11 is 1.24. The molecule has 0 saturated carbocycles. The molecule has 1 heterocycles. The van der Waals surface area contributed by atoms with Gasteiger partial charge in [0.2, 0.25) is 0 Å². The number of ether oxygens (including phenoxy) is 1. The van der Waals surface area contributed by atoms with Crippen LogP contribution in [0.1, 0.15) is 4.88 Å². The maximum atomic E-state index is 12.2. The van der Waals surface area contributed by atoms with E-state index in [0.717, 1.165) is 0 Å². The van der Waals surface area contributed by atoms with E-state index in [2.05, 4.69) is 9.72 Å². The van der Waals surface area contributed by atoms with Crippen molar-refractivity contribution in [2.45, 2.75) is 13.2 Å². The molecular weight excluding hydrogens is 248 g/mol. The maximum absolute atomic E-state index is 12.2. The van der Waals surface area contributed by atoms with Crippen molar-refractivity contribution in [3.63, 3.8) is 0 Å². The van der Waals surface area contributed by atoms with Crippen LogP contribution in [0.4, 0.5) is 8.78 Å². The number of benzene rings is 1. The fourth-order valence-corrected chi connectivity index (χ4v) is 2.15. The fraction of sp³-hybridized carbons (Fsp3) is 0.182. The molecule has 0 atom stereocenters. The second-order valence-corrected chi connectivity index (χ2v) is 4.28. The van der Waals surface area contributed by atoms with E-state index in [1.54, 1.807) is 18.2 Å². The Bertz CT molecular complexity index is 502. The predicted octanol–water partition coefficient (Wildman–Crippen LogP) is 2.90. The molecule has 3 nitrogen and oxygen atoms in total. The van der Waals surface area contributed by atoms with E-state index >= 15 is 0 Å². The van der Waals surface area contributed by atoms with Crippen molar-refractivity contribution in [2.75, 3.05) is 0 Å². The molecular formula is C11H9F2NO2S. The predicted molar refractivity (Wildman–Crippen MR) is 60.1 cm³/mol. The highest BCUT2D eigenvalue weighted by Crippen LogP contribution is 2.33. The Balaban J connectivity index is 2.36. The third kappa shape index (κ3) is 2.78. The van der Waals surface area contributed by atoms with Gasteiger partial charge in [0.25, 0.3) is 0 Å². The molecule has 0 amide bonds. The van der Waals surface area contributed by atoms with Crippen LogP contribution in [0.25, 0.3) is 10.6 Å². The molecule has 2 aromatic rings. The van der Waals surface area contributed by atoms with Gasteiger partial charge >= 0.3 is 6.61 Å². The van der Waals surface area contributed by atoms with Crippen molar-refractivity contribution in [3.8, 4) is 16.3 Å². The molecule has 0 radical (unpaired) electrons. The quantitative estimate of drug-likeness (QED) is 0.915. The van der Waals surface area contributed by atoms with Crippen LogP contribution in [0.5, 0.6) is 5.75 Å². The number of aromatic nitrogens is 1. The van der Waals surface area contributed by atoms with Gasteiger partial charge in [0.15, 0.2) is 0 Å². The van der Waals surface area contributed by atoms with Crippen molar-refractivity contribution >= 4 is 11.3 Å². The Morgan fingerprint density at radius 1 is 1.35 bits per heavy atom. The third-order valence-corrected chi connectivity index (χ3v) is 3.06. The Morgan fingerprint density at radius 3 is 2.76 bits per heavy atom. The minimum Gasteiger partial charge on any atom is -0.434 e. The lowest BCUT2D eigenvalue weighted by Crippen LogP contribution is -2.02. The number of halogens is 2. The molecule has 0 saturated heterocycles. The van der Waals surface area contributed by atoms with Crippen LogP contribution < -0.4 is 4.74 Å². The number of alkyl halides is 2. The Hall–Kier alpha value is -1.53. The van der Waals surface area contributed by atoms with Gasteiger partial charge in [-0.15, -0.1) is 11.3 Å². The molecule has 0 aliphatic rings. The second-order valence-electron chi connectivity index (χ2n) is 3.16. The van der Waals surface area contributed by atoms with Crippen LogP contribution in [0, 0.1) is 0 Å². The van der Waals surface area contributed by atoms with E-state index in [1.165, 1.54) is 23.6 Å². The summed E-state index contributed by atoms with van der Waals surface area (Å²) in [5, 5.41) is 9.48. The smallest absolute Gasteiger partial charge is 0.387 e. The van der Waals surface area contributed by atoms with E-state index in [9.17, 15) is 8.78 Å². The fourth-order valence-electron chi connectivity index (χ4n) is 1.35. The van der Waals surface area contributed by atoms with Crippen molar-refractivity contribution in [3.05, 3.63) is 35.3 Å². The first kappa shape index (κ1) is 11.9. The monoisotopic (exact) mass is 257 g/mol. The summed E-state index contributed by atoms with van der Waals surface area (Å²) in [6, 6.07) is 6.44. The molecule has 1 N–H and O–H groups in total. The van der Waals surface area contributed by atoms with Crippen molar-refractivity contribution in [2.24, 2.45) is 0 Å². The number of aliphatic hydroxyl groups excluding tert-OH is 1. The summed E-state index contributed by atoms with van der Waals surface area (Å²) in [7, 11) is 0. The topological polar surface area (TPSA) is 42.4 Å². The van der Waals surface area contributed by atoms with Crippen molar-refractivity contribution < 1.29 is 18.6 Å². The number of hydrogen-bond acceptors (Lipinski definition) is 4. The SMILES string of the molecule is OCc1cnc(-c2ccccc2OC(F)F)s1. The Labute approximate surface area is 100 Å². The number of rotatable bonds is 4. The zero-order valence-corrected chi connectivity index (χ0v) is 9.45. The van der Waals surface area contributed by atoms with Gasteiger partial charge < -0.3 is 9.84 Å². The largest absolute Gasteiger partial charge is 0.434 e. The minimum absolute atomic E-state index is 0.0846. The number of para-hydroxylation sites is 1. The average Bonchev–Trinajstić information content (AvgIpc) is 2.77. The van der Waals surface area contributed by atoms with Crippen molar-refractivity contribution in [1.82, 2.24) is 4.98 Å². The molecule has 1 aromatic carbocycles. The lowest BCUT2D eigenvalue weighted by molar-refractivity contribution is -0.0494. The first-order valence-electron chi connectivity index (χ1n) is 4.80. The summed E-state index contributed by atoms with van der Waals surface area (Å²) < 4.78 is 28.8. The van der Waals surface area contributed by atoms with Crippen LogP contribution in [0.3, 0.4) is 0 Å². The minimum atomic E-state index is -2.87. The summed E-state index contributed by atoms with van der Waals surface area (Å²) in [5.74, 6) is 0.0846. The molecule has 0 spiro atoms. The first-order valence-corrected chi connectivity index (χ1v) is 5.62. The number of hydrogen-bond donors (Lipinski definition) is 1. The maximum Gasteiger partial charge on any atom is 0.387 e. The van der Waals surface area contributed by atoms with Crippen LogP contribution in [-0.2, 0) is 6.61 Å². The Kier molecular flexibility index (Phi) is 3.65. The van der Waals surface area contributed by atoms with Crippen LogP contribution in [0.15, 0.2) is 30.5 Å². The highest BCUT2D eigenvalue weighted by Gasteiger charge is 2.13. The van der Waals surface area contributed by atoms with Gasteiger partial charge in [0.1, 0.15) is 10.8 Å². The zero-order chi connectivity index (χ0) is 12.3. The number of nitrogens with zero attached hydrogens (tertiary/aromatic N) is 1. The molecule has 6 heteroatoms. The highest BCUT2D eigenvalue weighted by molar-refractivity contribution is 7.15. The molecule has 17 heavy (non-hydrogen) atoms. The number of aliphatic hydroxyl groups is 1. The highest BCUT2D eigenvalue weighted by atomic mass is 32.1. The van der Waals surface area contributed by atoms with Gasteiger partial charge in [0, 0.05) is 6.20 Å². The summed E-state index contributed by atoms with van der Waals surface area (Å²) in [6.07, 6.45) is 1.51. The molecule has 90 valence electrons. The van der Waals surface area contributed by atoms with Gasteiger partial charge in [0.05, 0.1) is 17.0 Å². The first-order chi connectivity index (χ1) is 8.20. The molecule has 0 bridgehead atoms. The molecule has 1 aromatic heterocycles. The van der Waals surface area contributed by atoms with Crippen molar-refractivity contribution in [1.29, 1.82) is 0 Å². The number of thiazole rings is 1. The van der Waals surface area contributed by atoms with E-state index in [0.29, 0.717) is 15.4 Å². The Morgan fingerprint density at radius 2 is 2.12 bits per heavy atom. The van der Waals surface area contributed by atoms with E-state index < -0.39 is 6.61 Å². The molecule has 0 aliphatic carbocycles. The summed E-state index contributed by atoms with van der Waals surface area (Å²) in [6.45, 7) is -2.98. The van der Waals surface area contributed by atoms with Crippen LogP contribution in [0.2, 0.25) is 0 Å². The zero-order valence-electron chi connectivity index (χ0n) is 8.64. The lowest BCUT2D eigenvalue weighted by Gasteiger charge is -2.07. The third-order valence-electron chi connectivity index (χ3n) is 2.04. The van der Waals surface area contributed by atoms with E-state index in [4.69, 9.17) is 5.11 Å². The van der Waals surface area contributed by atoms with Gasteiger partial charge in [-0.05, 0) is 12.1 Å². The van der Waals surface area contributed by atoms with Gasteiger partial charge in [-0.25, -0.2) is 4.98 Å². The van der Waals surface area contributed by atoms with E-state index in [1.807, 2.05) is 0 Å². The van der Waals surface area contributed by atoms with Gasteiger partial charge in [-0.1, -0.05) is 12.1 Å². The second kappa shape index (κ2) is 5.20. The van der Waals surface area contributed by atoms with Crippen LogP contribution >= 0.6 is 11.3 Å².